The molecule has 0 spiro atoms. The smallest absolute Gasteiger partial charge is 0.330 e. The van der Waals surface area contributed by atoms with Crippen LogP contribution in [0.4, 0.5) is 18.9 Å². The monoisotopic (exact) mass is 471 g/mol. The number of carbonyl (C=O) groups is 2. The molecule has 2 amide bonds. The van der Waals surface area contributed by atoms with Gasteiger partial charge in [-0.3, -0.25) is 9.59 Å². The Bertz CT molecular complexity index is 1090. The number of nitrogens with zero attached hydrogens (tertiary/aromatic N) is 1. The summed E-state index contributed by atoms with van der Waals surface area (Å²) in [6.45, 7) is 4.47. The predicted octanol–water partition coefficient (Wildman–Crippen LogP) is 3.49. The summed E-state index contributed by atoms with van der Waals surface area (Å²) < 4.78 is 66.5. The molecule has 0 saturated heterocycles. The molecule has 0 aliphatic heterocycles. The van der Waals surface area contributed by atoms with Crippen LogP contribution in [0.25, 0.3) is 0 Å². The van der Waals surface area contributed by atoms with Gasteiger partial charge in [-0.15, -0.1) is 0 Å². The SMILES string of the molecule is CCN(CC(=O)Nc1ccccc1C(F)(F)F)C(=O)c1cccc(S(=O)(=O)NC(C)C)c1. The number of hydrogen-bond acceptors (Lipinski definition) is 4. The Labute approximate surface area is 184 Å². The minimum atomic E-state index is -4.65. The molecule has 2 N–H and O–H groups in total. The van der Waals surface area contributed by atoms with Gasteiger partial charge in [-0.25, -0.2) is 13.1 Å². The van der Waals surface area contributed by atoms with Crippen molar-refractivity contribution in [1.29, 1.82) is 0 Å². The lowest BCUT2D eigenvalue weighted by molar-refractivity contribution is -0.137. The van der Waals surface area contributed by atoms with E-state index in [0.717, 1.165) is 17.0 Å². The fourth-order valence-electron chi connectivity index (χ4n) is 2.89. The van der Waals surface area contributed by atoms with Crippen LogP contribution in [0.2, 0.25) is 0 Å². The Morgan fingerprint density at radius 1 is 1.06 bits per heavy atom. The summed E-state index contributed by atoms with van der Waals surface area (Å²) >= 11 is 0. The number of carbonyl (C=O) groups excluding carboxylic acids is 2. The number of para-hydroxylation sites is 1. The van der Waals surface area contributed by atoms with Crippen LogP contribution in [0.3, 0.4) is 0 Å². The molecule has 7 nitrogen and oxygen atoms in total. The number of hydrogen-bond donors (Lipinski definition) is 2. The van der Waals surface area contributed by atoms with Gasteiger partial charge in [0.15, 0.2) is 0 Å². The number of amides is 2. The summed E-state index contributed by atoms with van der Waals surface area (Å²) in [4.78, 5) is 26.2. The van der Waals surface area contributed by atoms with Crippen molar-refractivity contribution >= 4 is 27.5 Å². The van der Waals surface area contributed by atoms with E-state index in [0.29, 0.717) is 0 Å². The van der Waals surface area contributed by atoms with Crippen molar-refractivity contribution in [2.45, 2.75) is 37.9 Å². The first-order valence-electron chi connectivity index (χ1n) is 9.73. The van der Waals surface area contributed by atoms with Gasteiger partial charge in [-0.1, -0.05) is 18.2 Å². The second kappa shape index (κ2) is 10.1. The summed E-state index contributed by atoms with van der Waals surface area (Å²) in [6.07, 6.45) is -4.65. The first-order valence-corrected chi connectivity index (χ1v) is 11.2. The number of nitrogens with one attached hydrogen (secondary N) is 2. The maximum Gasteiger partial charge on any atom is 0.418 e. The molecule has 0 bridgehead atoms. The van der Waals surface area contributed by atoms with E-state index in [1.807, 2.05) is 0 Å². The number of halogens is 3. The lowest BCUT2D eigenvalue weighted by atomic mass is 10.1. The largest absolute Gasteiger partial charge is 0.418 e. The van der Waals surface area contributed by atoms with E-state index in [4.69, 9.17) is 0 Å². The summed E-state index contributed by atoms with van der Waals surface area (Å²) in [7, 11) is -3.84. The van der Waals surface area contributed by atoms with Crippen molar-refractivity contribution in [3.8, 4) is 0 Å². The summed E-state index contributed by atoms with van der Waals surface area (Å²) in [5.74, 6) is -1.45. The van der Waals surface area contributed by atoms with E-state index in [-0.39, 0.29) is 23.0 Å². The second-order valence-electron chi connectivity index (χ2n) is 7.21. The van der Waals surface area contributed by atoms with E-state index in [2.05, 4.69) is 10.0 Å². The average Bonchev–Trinajstić information content (AvgIpc) is 2.70. The molecule has 0 aliphatic rings. The van der Waals surface area contributed by atoms with Crippen LogP contribution in [0.1, 0.15) is 36.7 Å². The van der Waals surface area contributed by atoms with Crippen LogP contribution in [0.15, 0.2) is 53.4 Å². The van der Waals surface area contributed by atoms with E-state index >= 15 is 0 Å². The maximum absolute atomic E-state index is 13.1. The zero-order valence-corrected chi connectivity index (χ0v) is 18.5. The van der Waals surface area contributed by atoms with Crippen molar-refractivity contribution < 1.29 is 31.2 Å². The number of alkyl halides is 3. The van der Waals surface area contributed by atoms with Gasteiger partial charge in [-0.05, 0) is 51.1 Å². The summed E-state index contributed by atoms with van der Waals surface area (Å²) in [6, 6.07) is 9.48. The molecule has 0 atom stereocenters. The Kier molecular flexibility index (Phi) is 8.02. The van der Waals surface area contributed by atoms with Gasteiger partial charge in [0.05, 0.1) is 16.1 Å². The minimum absolute atomic E-state index is 0.0296. The molecule has 2 aromatic carbocycles. The predicted molar refractivity (Wildman–Crippen MR) is 114 cm³/mol. The minimum Gasteiger partial charge on any atom is -0.330 e. The first-order chi connectivity index (χ1) is 14.8. The number of anilines is 1. The molecule has 0 heterocycles. The lowest BCUT2D eigenvalue weighted by Gasteiger charge is -2.21. The number of sulfonamides is 1. The van der Waals surface area contributed by atoms with Crippen molar-refractivity contribution in [3.05, 3.63) is 59.7 Å². The average molecular weight is 472 g/mol. The normalized spacial score (nSPS) is 12.0. The fraction of sp³-hybridized carbons (Fsp3) is 0.333. The molecule has 2 rings (SSSR count). The third-order valence-corrected chi connectivity index (χ3v) is 5.95. The molecule has 0 unspecified atom stereocenters. The Balaban J connectivity index is 2.19. The second-order valence-corrected chi connectivity index (χ2v) is 8.93. The quantitative estimate of drug-likeness (QED) is 0.616. The van der Waals surface area contributed by atoms with Crippen LogP contribution in [0.5, 0.6) is 0 Å². The van der Waals surface area contributed by atoms with Crippen LogP contribution < -0.4 is 10.0 Å². The lowest BCUT2D eigenvalue weighted by Crippen LogP contribution is -2.38. The van der Waals surface area contributed by atoms with Gasteiger partial charge in [0.1, 0.15) is 6.54 Å². The highest BCUT2D eigenvalue weighted by atomic mass is 32.2. The molecule has 0 aromatic heterocycles. The van der Waals surface area contributed by atoms with Crippen LogP contribution in [-0.2, 0) is 21.0 Å². The zero-order valence-electron chi connectivity index (χ0n) is 17.7. The van der Waals surface area contributed by atoms with E-state index in [9.17, 15) is 31.2 Å². The molecule has 0 fully saturated rings. The highest BCUT2D eigenvalue weighted by Crippen LogP contribution is 2.34. The van der Waals surface area contributed by atoms with Gasteiger partial charge < -0.3 is 10.2 Å². The molecule has 2 aromatic rings. The zero-order chi connectivity index (χ0) is 24.1. The molecule has 0 aliphatic carbocycles. The summed E-state index contributed by atoms with van der Waals surface area (Å²) in [5.41, 5.74) is -1.39. The fourth-order valence-corrected chi connectivity index (χ4v) is 4.18. The highest BCUT2D eigenvalue weighted by Gasteiger charge is 2.33. The van der Waals surface area contributed by atoms with Gasteiger partial charge >= 0.3 is 6.18 Å². The van der Waals surface area contributed by atoms with Gasteiger partial charge in [-0.2, -0.15) is 13.2 Å². The Morgan fingerprint density at radius 2 is 1.72 bits per heavy atom. The number of rotatable bonds is 8. The van der Waals surface area contributed by atoms with Crippen molar-refractivity contribution in [1.82, 2.24) is 9.62 Å². The molecular weight excluding hydrogens is 447 g/mol. The molecule has 0 radical (unpaired) electrons. The first kappa shape index (κ1) is 25.3. The third-order valence-electron chi connectivity index (χ3n) is 4.29. The number of likely N-dealkylation sites (N-methyl/N-ethyl adjacent to an activating group) is 1. The maximum atomic E-state index is 13.1. The van der Waals surface area contributed by atoms with E-state index in [1.165, 1.54) is 36.4 Å². The number of benzene rings is 2. The van der Waals surface area contributed by atoms with Crippen molar-refractivity contribution in [3.63, 3.8) is 0 Å². The molecule has 32 heavy (non-hydrogen) atoms. The topological polar surface area (TPSA) is 95.6 Å². The molecule has 174 valence electrons. The molecular formula is C21H24F3N3O4S. The van der Waals surface area contributed by atoms with Gasteiger partial charge in [0.2, 0.25) is 15.9 Å². The highest BCUT2D eigenvalue weighted by molar-refractivity contribution is 7.89. The van der Waals surface area contributed by atoms with Crippen LogP contribution >= 0.6 is 0 Å². The van der Waals surface area contributed by atoms with Gasteiger partial charge in [0, 0.05) is 18.2 Å². The third kappa shape index (κ3) is 6.54. The van der Waals surface area contributed by atoms with E-state index < -0.39 is 45.8 Å². The summed E-state index contributed by atoms with van der Waals surface area (Å²) in [5, 5.41) is 2.19. The van der Waals surface area contributed by atoms with Crippen molar-refractivity contribution in [2.75, 3.05) is 18.4 Å². The Morgan fingerprint density at radius 3 is 2.31 bits per heavy atom. The van der Waals surface area contributed by atoms with Crippen LogP contribution in [-0.4, -0.2) is 44.3 Å². The standard InChI is InChI=1S/C21H24F3N3O4S/c1-4-27(13-19(28)25-18-11-6-5-10-17(18)21(22,23)24)20(29)15-8-7-9-16(12-15)32(30,31)26-14(2)3/h5-12,14,26H,4,13H2,1-3H3,(H,25,28). The Hall–Kier alpha value is -2.92. The molecule has 0 saturated carbocycles. The van der Waals surface area contributed by atoms with E-state index in [1.54, 1.807) is 20.8 Å². The van der Waals surface area contributed by atoms with Crippen LogP contribution in [0, 0.1) is 0 Å². The van der Waals surface area contributed by atoms with Gasteiger partial charge in [0.25, 0.3) is 5.91 Å². The van der Waals surface area contributed by atoms with Crippen molar-refractivity contribution in [2.24, 2.45) is 0 Å². The molecule has 11 heteroatoms.